The first-order valence-corrected chi connectivity index (χ1v) is 6.86. The Morgan fingerprint density at radius 3 is 3.00 bits per heavy atom. The van der Waals surface area contributed by atoms with Crippen molar-refractivity contribution in [2.75, 3.05) is 7.11 Å². The lowest BCUT2D eigenvalue weighted by Gasteiger charge is -2.43. The Labute approximate surface area is 103 Å². The molecule has 92 valence electrons. The first-order valence-electron chi connectivity index (χ1n) is 6.86. The predicted octanol–water partition coefficient (Wildman–Crippen LogP) is 1.48. The molecule has 4 atom stereocenters. The average Bonchev–Trinajstić information content (AvgIpc) is 2.68. The van der Waals surface area contributed by atoms with Crippen molar-refractivity contribution in [1.82, 2.24) is 5.32 Å². The van der Waals surface area contributed by atoms with Crippen molar-refractivity contribution in [3.63, 3.8) is 0 Å². The molecule has 1 N–H and O–H groups in total. The zero-order valence-electron chi connectivity index (χ0n) is 10.4. The molecule has 17 heavy (non-hydrogen) atoms. The van der Waals surface area contributed by atoms with Crippen molar-refractivity contribution in [2.45, 2.75) is 43.9 Å². The summed E-state index contributed by atoms with van der Waals surface area (Å²) in [4.78, 5) is 11.6. The number of methoxy groups -OCH3 is 1. The van der Waals surface area contributed by atoms with Crippen LogP contribution in [0.1, 0.15) is 25.7 Å². The van der Waals surface area contributed by atoms with Gasteiger partial charge in [0, 0.05) is 6.04 Å². The predicted molar refractivity (Wildman–Crippen MR) is 68.2 cm³/mol. The van der Waals surface area contributed by atoms with E-state index in [1.165, 1.54) is 46.4 Å². The van der Waals surface area contributed by atoms with Crippen molar-refractivity contribution in [3.05, 3.63) is 11.8 Å². The fourth-order valence-electron chi connectivity index (χ4n) is 3.81. The standard InChI is InChI=1S/C13H20BNO2/c1-17-13(16)11-6-9-10(15-11)5-3-2-4-8-7-14-12(8)9/h6,8-10,12,14-15H,2-5,7H2,1H3. The fourth-order valence-corrected chi connectivity index (χ4v) is 3.81. The van der Waals surface area contributed by atoms with Gasteiger partial charge in [0.1, 0.15) is 13.0 Å². The highest BCUT2D eigenvalue weighted by Gasteiger charge is 2.44. The summed E-state index contributed by atoms with van der Waals surface area (Å²) in [5.74, 6) is 2.10. The zero-order valence-corrected chi connectivity index (χ0v) is 10.4. The lowest BCUT2D eigenvalue weighted by atomic mass is 9.37. The van der Waals surface area contributed by atoms with Gasteiger partial charge in [-0.05, 0) is 18.4 Å². The number of nitrogens with one attached hydrogen (secondary N) is 1. The fraction of sp³-hybridized carbons (Fsp3) is 0.769. The van der Waals surface area contributed by atoms with Gasteiger partial charge in [0.05, 0.1) is 7.11 Å². The zero-order chi connectivity index (χ0) is 11.8. The highest BCUT2D eigenvalue weighted by atomic mass is 16.5. The van der Waals surface area contributed by atoms with Crippen LogP contribution in [0.25, 0.3) is 0 Å². The van der Waals surface area contributed by atoms with E-state index in [1.54, 1.807) is 0 Å². The summed E-state index contributed by atoms with van der Waals surface area (Å²) in [6.07, 6.45) is 8.80. The maximum absolute atomic E-state index is 11.6. The van der Waals surface area contributed by atoms with Gasteiger partial charge in [0.2, 0.25) is 0 Å². The molecule has 3 aliphatic rings. The van der Waals surface area contributed by atoms with Gasteiger partial charge in [-0.2, -0.15) is 0 Å². The van der Waals surface area contributed by atoms with Crippen LogP contribution in [-0.2, 0) is 9.53 Å². The van der Waals surface area contributed by atoms with Gasteiger partial charge in [-0.25, -0.2) is 4.79 Å². The molecule has 3 nitrogen and oxygen atoms in total. The normalized spacial score (nSPS) is 39.2. The minimum atomic E-state index is -0.201. The summed E-state index contributed by atoms with van der Waals surface area (Å²) in [6, 6.07) is 0.484. The largest absolute Gasteiger partial charge is 0.464 e. The van der Waals surface area contributed by atoms with E-state index in [-0.39, 0.29) is 5.97 Å². The van der Waals surface area contributed by atoms with E-state index in [2.05, 4.69) is 11.4 Å². The highest BCUT2D eigenvalue weighted by molar-refractivity contribution is 6.42. The minimum Gasteiger partial charge on any atom is -0.464 e. The molecule has 4 heteroatoms. The van der Waals surface area contributed by atoms with Gasteiger partial charge >= 0.3 is 5.97 Å². The molecule has 0 radical (unpaired) electrons. The number of carbonyl (C=O) groups excluding carboxylic acids is 1. The van der Waals surface area contributed by atoms with Gasteiger partial charge in [-0.1, -0.05) is 37.3 Å². The van der Waals surface area contributed by atoms with Gasteiger partial charge in [0.15, 0.2) is 0 Å². The lowest BCUT2D eigenvalue weighted by molar-refractivity contribution is -0.136. The highest BCUT2D eigenvalue weighted by Crippen LogP contribution is 2.48. The Morgan fingerprint density at radius 1 is 1.47 bits per heavy atom. The summed E-state index contributed by atoms with van der Waals surface area (Å²) in [5.41, 5.74) is 0.704. The van der Waals surface area contributed by atoms with E-state index in [0.717, 1.165) is 11.7 Å². The average molecular weight is 233 g/mol. The van der Waals surface area contributed by atoms with Crippen LogP contribution in [0, 0.1) is 11.8 Å². The summed E-state index contributed by atoms with van der Waals surface area (Å²) >= 11 is 0. The summed E-state index contributed by atoms with van der Waals surface area (Å²) in [5, 5.41) is 3.38. The second-order valence-corrected chi connectivity index (χ2v) is 5.69. The summed E-state index contributed by atoms with van der Waals surface area (Å²) in [6.45, 7) is 0. The number of hydrogen-bond acceptors (Lipinski definition) is 3. The molecule has 0 bridgehead atoms. The molecule has 0 aromatic heterocycles. The van der Waals surface area contributed by atoms with Crippen molar-refractivity contribution >= 4 is 13.2 Å². The smallest absolute Gasteiger partial charge is 0.353 e. The first kappa shape index (κ1) is 11.2. The van der Waals surface area contributed by atoms with Crippen LogP contribution < -0.4 is 5.32 Å². The Bertz CT molecular complexity index is 355. The van der Waals surface area contributed by atoms with Crippen LogP contribution in [0.5, 0.6) is 0 Å². The maximum atomic E-state index is 11.6. The summed E-state index contributed by atoms with van der Waals surface area (Å²) < 4.78 is 4.81. The SMILES string of the molecule is COC(=O)C1=CC2C(CCCCC3CBC32)N1. The molecule has 2 heterocycles. The van der Waals surface area contributed by atoms with Crippen LogP contribution in [0.4, 0.5) is 0 Å². The number of ether oxygens (including phenoxy) is 1. The number of fused-ring (bicyclic) bond motifs is 3. The van der Waals surface area contributed by atoms with Gasteiger partial charge < -0.3 is 10.1 Å². The molecule has 3 rings (SSSR count). The van der Waals surface area contributed by atoms with E-state index in [1.807, 2.05) is 0 Å². The first-order chi connectivity index (χ1) is 8.29. The quantitative estimate of drug-likeness (QED) is 0.550. The van der Waals surface area contributed by atoms with Gasteiger partial charge in [-0.3, -0.25) is 0 Å². The second-order valence-electron chi connectivity index (χ2n) is 5.69. The van der Waals surface area contributed by atoms with Crippen molar-refractivity contribution in [2.24, 2.45) is 11.8 Å². The molecule has 1 saturated carbocycles. The monoisotopic (exact) mass is 233 g/mol. The summed E-state index contributed by atoms with van der Waals surface area (Å²) in [7, 11) is 2.80. The van der Waals surface area contributed by atoms with E-state index < -0.39 is 0 Å². The molecule has 0 aromatic carbocycles. The van der Waals surface area contributed by atoms with E-state index in [4.69, 9.17) is 4.74 Å². The van der Waals surface area contributed by atoms with Crippen molar-refractivity contribution in [3.8, 4) is 0 Å². The third-order valence-corrected chi connectivity index (χ3v) is 4.88. The molecule has 0 amide bonds. The number of carbonyl (C=O) groups is 1. The van der Waals surface area contributed by atoms with Crippen LogP contribution in [0.3, 0.4) is 0 Å². The molecule has 0 spiro atoms. The lowest BCUT2D eigenvalue weighted by Crippen LogP contribution is -2.41. The van der Waals surface area contributed by atoms with Crippen LogP contribution >= 0.6 is 0 Å². The van der Waals surface area contributed by atoms with E-state index in [0.29, 0.717) is 17.7 Å². The van der Waals surface area contributed by atoms with E-state index >= 15 is 0 Å². The van der Waals surface area contributed by atoms with Crippen LogP contribution in [-0.4, -0.2) is 26.4 Å². The molecule has 4 unspecified atom stereocenters. The molecule has 1 saturated heterocycles. The number of hydrogen-bond donors (Lipinski definition) is 1. The molecular weight excluding hydrogens is 213 g/mol. The second kappa shape index (κ2) is 4.39. The Hall–Kier alpha value is -0.925. The van der Waals surface area contributed by atoms with Crippen LogP contribution in [0.15, 0.2) is 11.8 Å². The topological polar surface area (TPSA) is 38.3 Å². The number of rotatable bonds is 1. The molecule has 1 aliphatic carbocycles. The van der Waals surface area contributed by atoms with Gasteiger partial charge in [0.25, 0.3) is 0 Å². The van der Waals surface area contributed by atoms with Crippen molar-refractivity contribution in [1.29, 1.82) is 0 Å². The Balaban J connectivity index is 1.78. The molecular formula is C13H20BNO2. The maximum Gasteiger partial charge on any atom is 0.353 e. The van der Waals surface area contributed by atoms with Crippen molar-refractivity contribution < 1.29 is 9.53 Å². The third kappa shape index (κ3) is 1.87. The molecule has 2 fully saturated rings. The van der Waals surface area contributed by atoms with E-state index in [9.17, 15) is 4.79 Å². The molecule has 0 aromatic rings. The Morgan fingerprint density at radius 2 is 2.29 bits per heavy atom. The van der Waals surface area contributed by atoms with Crippen LogP contribution in [0.2, 0.25) is 12.1 Å². The third-order valence-electron chi connectivity index (χ3n) is 4.88. The minimum absolute atomic E-state index is 0.201. The number of esters is 1. The van der Waals surface area contributed by atoms with Gasteiger partial charge in [-0.15, -0.1) is 0 Å². The Kier molecular flexibility index (Phi) is 2.89. The molecule has 2 aliphatic heterocycles.